The van der Waals surface area contributed by atoms with Gasteiger partial charge in [-0.25, -0.2) is 8.42 Å². The number of sulfonamides is 1. The highest BCUT2D eigenvalue weighted by atomic mass is 79.9. The van der Waals surface area contributed by atoms with Gasteiger partial charge in [-0.15, -0.1) is 0 Å². The molecule has 0 aromatic heterocycles. The van der Waals surface area contributed by atoms with E-state index in [1.165, 1.54) is 16.4 Å². The minimum atomic E-state index is -4.21. The molecule has 0 spiro atoms. The van der Waals surface area contributed by atoms with Gasteiger partial charge in [0, 0.05) is 30.1 Å². The zero-order valence-electron chi connectivity index (χ0n) is 20.1. The van der Waals surface area contributed by atoms with E-state index < -0.39 is 22.0 Å². The van der Waals surface area contributed by atoms with Gasteiger partial charge in [0.2, 0.25) is 15.9 Å². The summed E-state index contributed by atoms with van der Waals surface area (Å²) in [4.78, 5) is 13.3. The average molecular weight is 626 g/mol. The van der Waals surface area contributed by atoms with Crippen LogP contribution >= 0.6 is 39.1 Å². The number of nitrogens with zero attached hydrogens (tertiary/aromatic N) is 1. The number of carbonyl (C=O) groups is 1. The van der Waals surface area contributed by atoms with E-state index >= 15 is 0 Å². The van der Waals surface area contributed by atoms with Crippen LogP contribution in [0.2, 0.25) is 10.0 Å². The van der Waals surface area contributed by atoms with Crippen LogP contribution in [0.5, 0.6) is 0 Å². The van der Waals surface area contributed by atoms with Crippen LogP contribution in [0.1, 0.15) is 22.3 Å². The first-order valence-electron chi connectivity index (χ1n) is 11.8. The molecule has 0 aliphatic carbocycles. The summed E-state index contributed by atoms with van der Waals surface area (Å²) in [6.07, 6.45) is 0.762. The normalized spacial score (nSPS) is 16.7. The number of hydrogen-bond acceptors (Lipinski definition) is 4. The van der Waals surface area contributed by atoms with Crippen LogP contribution in [0.4, 0.5) is 0 Å². The van der Waals surface area contributed by atoms with Gasteiger partial charge >= 0.3 is 0 Å². The number of rotatable bonds is 8. The van der Waals surface area contributed by atoms with Crippen LogP contribution in [-0.4, -0.2) is 42.9 Å². The van der Waals surface area contributed by atoms with Crippen molar-refractivity contribution < 1.29 is 18.3 Å². The average Bonchev–Trinajstić information content (AvgIpc) is 2.87. The highest BCUT2D eigenvalue weighted by Crippen LogP contribution is 2.36. The summed E-state index contributed by atoms with van der Waals surface area (Å²) < 4.78 is 29.7. The number of aliphatic hydroxyl groups is 1. The lowest BCUT2D eigenvalue weighted by molar-refractivity contribution is -0.125. The van der Waals surface area contributed by atoms with Crippen LogP contribution in [0.3, 0.4) is 0 Å². The molecule has 0 saturated carbocycles. The topological polar surface area (TPSA) is 86.7 Å². The van der Waals surface area contributed by atoms with Crippen LogP contribution < -0.4 is 5.32 Å². The van der Waals surface area contributed by atoms with Crippen molar-refractivity contribution in [3.63, 3.8) is 0 Å². The molecule has 37 heavy (non-hydrogen) atoms. The number of fused-ring (bicyclic) bond motifs is 1. The predicted octanol–water partition coefficient (Wildman–Crippen LogP) is 5.15. The van der Waals surface area contributed by atoms with Crippen LogP contribution in [0.25, 0.3) is 0 Å². The van der Waals surface area contributed by atoms with Gasteiger partial charge in [-0.1, -0.05) is 81.6 Å². The summed E-state index contributed by atoms with van der Waals surface area (Å²) in [5, 5.41) is 12.8. The summed E-state index contributed by atoms with van der Waals surface area (Å²) in [7, 11) is -4.21. The second-order valence-electron chi connectivity index (χ2n) is 9.17. The molecule has 1 aliphatic rings. The first kappa shape index (κ1) is 28.1. The van der Waals surface area contributed by atoms with Crippen molar-refractivity contribution in [3.05, 3.63) is 97.4 Å². The molecule has 196 valence electrons. The van der Waals surface area contributed by atoms with Gasteiger partial charge in [0.25, 0.3) is 0 Å². The highest BCUT2D eigenvalue weighted by Gasteiger charge is 2.41. The molecule has 10 heteroatoms. The molecule has 1 aliphatic heterocycles. The number of nitrogens with one attached hydrogen (secondary N) is 1. The summed E-state index contributed by atoms with van der Waals surface area (Å²) in [5.74, 6) is -0.678. The van der Waals surface area contributed by atoms with Gasteiger partial charge in [0.05, 0.1) is 10.0 Å². The number of aryl methyl sites for hydroxylation is 1. The summed E-state index contributed by atoms with van der Waals surface area (Å²) >= 11 is 16.0. The smallest absolute Gasteiger partial charge is 0.247 e. The summed E-state index contributed by atoms with van der Waals surface area (Å²) in [6, 6.07) is 16.9. The molecular formula is C27H27BrCl2N2O4S. The lowest BCUT2D eigenvalue weighted by atomic mass is 9.95. The second-order valence-corrected chi connectivity index (χ2v) is 12.7. The summed E-state index contributed by atoms with van der Waals surface area (Å²) in [6.45, 7) is 2.07. The maximum absolute atomic E-state index is 13.8. The van der Waals surface area contributed by atoms with E-state index in [-0.39, 0.29) is 47.0 Å². The zero-order valence-corrected chi connectivity index (χ0v) is 24.0. The second kappa shape index (κ2) is 11.8. The fourth-order valence-electron chi connectivity index (χ4n) is 4.48. The van der Waals surface area contributed by atoms with Crippen molar-refractivity contribution in [3.8, 4) is 0 Å². The van der Waals surface area contributed by atoms with E-state index in [9.17, 15) is 18.3 Å². The quantitative estimate of drug-likeness (QED) is 0.363. The number of halogens is 3. The van der Waals surface area contributed by atoms with Crippen molar-refractivity contribution in [1.29, 1.82) is 0 Å². The number of benzene rings is 3. The Kier molecular flexibility index (Phi) is 8.99. The predicted molar refractivity (Wildman–Crippen MR) is 149 cm³/mol. The molecule has 2 N–H and O–H groups in total. The highest BCUT2D eigenvalue weighted by molar-refractivity contribution is 9.10. The van der Waals surface area contributed by atoms with Crippen molar-refractivity contribution in [2.45, 2.75) is 37.2 Å². The number of carbonyl (C=O) groups excluding carboxylic acids is 1. The minimum absolute atomic E-state index is 0.00452. The Labute approximate surface area is 235 Å². The van der Waals surface area contributed by atoms with E-state index in [1.54, 1.807) is 6.07 Å². The molecule has 3 aromatic carbocycles. The molecule has 1 amide bonds. The number of amides is 1. The number of aliphatic hydroxyl groups excluding tert-OH is 1. The monoisotopic (exact) mass is 624 g/mol. The fourth-order valence-corrected chi connectivity index (χ4v) is 7.57. The van der Waals surface area contributed by atoms with Gasteiger partial charge < -0.3 is 10.4 Å². The third-order valence-electron chi connectivity index (χ3n) is 6.58. The van der Waals surface area contributed by atoms with Crippen LogP contribution in [0.15, 0.2) is 70.0 Å². The Bertz CT molecular complexity index is 1400. The van der Waals surface area contributed by atoms with E-state index in [0.29, 0.717) is 6.42 Å². The molecule has 6 nitrogen and oxygen atoms in total. The lowest BCUT2D eigenvalue weighted by Gasteiger charge is -2.35. The maximum atomic E-state index is 13.8. The molecule has 0 saturated heterocycles. The minimum Gasteiger partial charge on any atom is -0.396 e. The van der Waals surface area contributed by atoms with Crippen LogP contribution in [0, 0.1) is 12.8 Å². The SMILES string of the molecule is Cc1ccc(CC(CO)CNC(=O)C2Cc3ccccc3CN2S(=O)(=O)c2c(Cl)cccc2Cl)cc1Br. The zero-order chi connectivity index (χ0) is 26.7. The van der Waals surface area contributed by atoms with Crippen molar-refractivity contribution in [1.82, 2.24) is 9.62 Å². The molecule has 4 rings (SSSR count). The molecular weight excluding hydrogens is 599 g/mol. The van der Waals surface area contributed by atoms with E-state index in [2.05, 4.69) is 21.2 Å². The van der Waals surface area contributed by atoms with E-state index in [0.717, 1.165) is 26.7 Å². The Morgan fingerprint density at radius 3 is 2.43 bits per heavy atom. The van der Waals surface area contributed by atoms with Crippen molar-refractivity contribution in [2.24, 2.45) is 5.92 Å². The van der Waals surface area contributed by atoms with E-state index in [1.807, 2.05) is 49.4 Å². The van der Waals surface area contributed by atoms with Crippen molar-refractivity contribution >= 4 is 55.1 Å². The molecule has 1 heterocycles. The fraction of sp³-hybridized carbons (Fsp3) is 0.296. The molecule has 2 atom stereocenters. The number of hydrogen-bond donors (Lipinski definition) is 2. The standard InChI is InChI=1S/C27H27BrCl2N2O4S/c1-17-9-10-18(12-22(17)28)11-19(16-33)14-31-27(34)25-13-20-5-2-3-6-21(20)15-32(25)37(35,36)26-23(29)7-4-8-24(26)30/h2-10,12,19,25,33H,11,13-16H2,1H3,(H,31,34). The van der Waals surface area contributed by atoms with Gasteiger partial charge in [-0.2, -0.15) is 4.31 Å². The molecule has 0 radical (unpaired) electrons. The van der Waals surface area contributed by atoms with Gasteiger partial charge in [0.15, 0.2) is 0 Å². The largest absolute Gasteiger partial charge is 0.396 e. The third-order valence-corrected chi connectivity index (χ3v) is 10.2. The molecule has 0 bridgehead atoms. The first-order chi connectivity index (χ1) is 17.6. The maximum Gasteiger partial charge on any atom is 0.247 e. The third kappa shape index (κ3) is 6.21. The Morgan fingerprint density at radius 1 is 1.11 bits per heavy atom. The molecule has 2 unspecified atom stereocenters. The van der Waals surface area contributed by atoms with Gasteiger partial charge in [-0.05, 0) is 60.2 Å². The van der Waals surface area contributed by atoms with E-state index in [4.69, 9.17) is 23.2 Å². The van der Waals surface area contributed by atoms with Crippen LogP contribution in [-0.2, 0) is 34.2 Å². The van der Waals surface area contributed by atoms with Gasteiger partial charge in [0.1, 0.15) is 10.9 Å². The molecule has 3 aromatic rings. The Morgan fingerprint density at radius 2 is 1.78 bits per heavy atom. The van der Waals surface area contributed by atoms with Gasteiger partial charge in [-0.3, -0.25) is 4.79 Å². The van der Waals surface area contributed by atoms with Crippen molar-refractivity contribution in [2.75, 3.05) is 13.2 Å². The lowest BCUT2D eigenvalue weighted by Crippen LogP contribution is -2.53. The Hall–Kier alpha value is -1.94. The molecule has 0 fully saturated rings. The Balaban J connectivity index is 1.58. The summed E-state index contributed by atoms with van der Waals surface area (Å²) in [5.41, 5.74) is 3.85. The first-order valence-corrected chi connectivity index (χ1v) is 14.8.